The van der Waals surface area contributed by atoms with Crippen molar-refractivity contribution in [2.24, 2.45) is 5.92 Å². The molecule has 11 heteroatoms. The van der Waals surface area contributed by atoms with E-state index in [1.165, 1.54) is 17.1 Å². The Labute approximate surface area is 207 Å². The Hall–Kier alpha value is -3.73. The molecule has 3 heterocycles. The lowest BCUT2D eigenvalue weighted by molar-refractivity contribution is -0.137. The van der Waals surface area contributed by atoms with Crippen molar-refractivity contribution in [2.45, 2.75) is 57.8 Å². The fourth-order valence-corrected chi connectivity index (χ4v) is 4.50. The predicted octanol–water partition coefficient (Wildman–Crippen LogP) is 2.30. The van der Waals surface area contributed by atoms with Crippen LogP contribution in [-0.4, -0.2) is 66.1 Å². The molecule has 11 nitrogen and oxygen atoms in total. The van der Waals surface area contributed by atoms with Crippen molar-refractivity contribution < 1.29 is 19.4 Å². The van der Waals surface area contributed by atoms with E-state index in [2.05, 4.69) is 15.4 Å². The number of nitrogens with one attached hydrogen (secondary N) is 1. The number of rotatable bonds is 6. The van der Waals surface area contributed by atoms with E-state index in [1.807, 2.05) is 4.90 Å². The maximum Gasteiger partial charge on any atom is 0.411 e. The predicted molar refractivity (Wildman–Crippen MR) is 132 cm³/mol. The first-order chi connectivity index (χ1) is 17.2. The van der Waals surface area contributed by atoms with Crippen molar-refractivity contribution in [1.29, 1.82) is 0 Å². The Bertz CT molecular complexity index is 1330. The summed E-state index contributed by atoms with van der Waals surface area (Å²) in [6.07, 6.45) is 4.89. The van der Waals surface area contributed by atoms with Crippen LogP contribution in [0.15, 0.2) is 41.6 Å². The van der Waals surface area contributed by atoms with Gasteiger partial charge in [-0.15, -0.1) is 0 Å². The van der Waals surface area contributed by atoms with Gasteiger partial charge in [-0.2, -0.15) is 5.10 Å². The number of hydrogen-bond donors (Lipinski definition) is 2. The van der Waals surface area contributed by atoms with Crippen LogP contribution in [0.5, 0.6) is 0 Å². The lowest BCUT2D eigenvalue weighted by Crippen LogP contribution is -2.50. The van der Waals surface area contributed by atoms with Gasteiger partial charge in [0.15, 0.2) is 5.65 Å². The van der Waals surface area contributed by atoms with Gasteiger partial charge in [-0.3, -0.25) is 19.5 Å². The molecule has 2 amide bonds. The van der Waals surface area contributed by atoms with Gasteiger partial charge in [-0.05, 0) is 63.8 Å². The molecule has 1 saturated heterocycles. The number of carbonyl (C=O) groups excluding carboxylic acids is 2. The molecule has 5 rings (SSSR count). The number of likely N-dealkylation sites (tertiary alicyclic amines) is 1. The molecule has 1 aliphatic heterocycles. The van der Waals surface area contributed by atoms with Gasteiger partial charge in [0.2, 0.25) is 5.91 Å². The van der Waals surface area contributed by atoms with Gasteiger partial charge < -0.3 is 14.7 Å². The summed E-state index contributed by atoms with van der Waals surface area (Å²) in [6.45, 7) is 4.64. The summed E-state index contributed by atoms with van der Waals surface area (Å²) < 4.78 is 8.04. The van der Waals surface area contributed by atoms with Gasteiger partial charge in [0, 0.05) is 24.7 Å². The standard InChI is InChI=1S/C25H30N6O5/c1-16(2)36-24(34)28-18-5-7-19(8-6-18)31-21-20(13-27-31)23(33)30(15-26-21)14-25(35)9-11-29(12-10-25)22(32)17-3-4-17/h5-8,13,15-17,35H,3-4,9-12,14H2,1-2H3,(H,28,34). The molecule has 2 fully saturated rings. The molecule has 0 bridgehead atoms. The molecule has 36 heavy (non-hydrogen) atoms. The largest absolute Gasteiger partial charge is 0.447 e. The molecule has 1 saturated carbocycles. The summed E-state index contributed by atoms with van der Waals surface area (Å²) in [7, 11) is 0. The van der Waals surface area contributed by atoms with Crippen molar-refractivity contribution in [3.63, 3.8) is 0 Å². The molecule has 0 spiro atoms. The number of anilines is 1. The number of carbonyl (C=O) groups is 2. The molecule has 0 radical (unpaired) electrons. The first kappa shape index (κ1) is 24.0. The summed E-state index contributed by atoms with van der Waals surface area (Å²) in [5.41, 5.74) is 0.270. The van der Waals surface area contributed by atoms with E-state index in [4.69, 9.17) is 4.74 Å². The highest BCUT2D eigenvalue weighted by Gasteiger charge is 2.39. The van der Waals surface area contributed by atoms with Gasteiger partial charge in [0.25, 0.3) is 5.56 Å². The molecular formula is C25H30N6O5. The van der Waals surface area contributed by atoms with Crippen LogP contribution in [0.1, 0.15) is 39.5 Å². The van der Waals surface area contributed by atoms with Crippen molar-refractivity contribution in [3.8, 4) is 5.69 Å². The smallest absolute Gasteiger partial charge is 0.411 e. The molecule has 2 N–H and O–H groups in total. The summed E-state index contributed by atoms with van der Waals surface area (Å²) in [4.78, 5) is 43.5. The van der Waals surface area contributed by atoms with Gasteiger partial charge in [-0.25, -0.2) is 14.5 Å². The highest BCUT2D eigenvalue weighted by molar-refractivity contribution is 5.85. The zero-order valence-electron chi connectivity index (χ0n) is 20.4. The Balaban J connectivity index is 1.29. The average molecular weight is 495 g/mol. The highest BCUT2D eigenvalue weighted by atomic mass is 16.6. The quantitative estimate of drug-likeness (QED) is 0.537. The van der Waals surface area contributed by atoms with Crippen molar-refractivity contribution in [1.82, 2.24) is 24.2 Å². The number of benzene rings is 1. The molecule has 0 unspecified atom stereocenters. The van der Waals surface area contributed by atoms with Crippen molar-refractivity contribution in [2.75, 3.05) is 18.4 Å². The number of nitrogens with zero attached hydrogens (tertiary/aromatic N) is 5. The van der Waals surface area contributed by atoms with E-state index in [9.17, 15) is 19.5 Å². The first-order valence-electron chi connectivity index (χ1n) is 12.2. The van der Waals surface area contributed by atoms with Crippen LogP contribution in [0.2, 0.25) is 0 Å². The lowest BCUT2D eigenvalue weighted by atomic mass is 9.91. The molecule has 1 aromatic carbocycles. The molecule has 1 aliphatic carbocycles. The second-order valence-electron chi connectivity index (χ2n) is 9.92. The number of ether oxygens (including phenoxy) is 1. The minimum absolute atomic E-state index is 0.109. The van der Waals surface area contributed by atoms with Crippen LogP contribution in [0, 0.1) is 5.92 Å². The molecule has 2 aliphatic rings. The zero-order chi connectivity index (χ0) is 25.4. The van der Waals surface area contributed by atoms with E-state index in [1.54, 1.807) is 42.8 Å². The van der Waals surface area contributed by atoms with Gasteiger partial charge in [-0.1, -0.05) is 0 Å². The number of hydrogen-bond acceptors (Lipinski definition) is 7. The molecule has 2 aromatic heterocycles. The molecule has 0 atom stereocenters. The molecule has 3 aromatic rings. The summed E-state index contributed by atoms with van der Waals surface area (Å²) >= 11 is 0. The van der Waals surface area contributed by atoms with Gasteiger partial charge >= 0.3 is 6.09 Å². The third-order valence-corrected chi connectivity index (χ3v) is 6.65. The van der Waals surface area contributed by atoms with E-state index in [-0.39, 0.29) is 30.0 Å². The van der Waals surface area contributed by atoms with Gasteiger partial charge in [0.05, 0.1) is 30.1 Å². The number of piperidine rings is 1. The fraction of sp³-hybridized carbons (Fsp3) is 0.480. The van der Waals surface area contributed by atoms with Crippen LogP contribution >= 0.6 is 0 Å². The second-order valence-corrected chi connectivity index (χ2v) is 9.92. The van der Waals surface area contributed by atoms with Crippen LogP contribution in [-0.2, 0) is 16.1 Å². The summed E-state index contributed by atoms with van der Waals surface area (Å²) in [6, 6.07) is 6.93. The normalized spacial score (nSPS) is 17.4. The second kappa shape index (κ2) is 9.38. The summed E-state index contributed by atoms with van der Waals surface area (Å²) in [5, 5.41) is 18.4. The first-order valence-corrected chi connectivity index (χ1v) is 12.2. The Morgan fingerprint density at radius 2 is 1.89 bits per heavy atom. The topological polar surface area (TPSA) is 132 Å². The molecular weight excluding hydrogens is 464 g/mol. The highest BCUT2D eigenvalue weighted by Crippen LogP contribution is 2.33. The van der Waals surface area contributed by atoms with E-state index in [0.717, 1.165) is 12.8 Å². The zero-order valence-corrected chi connectivity index (χ0v) is 20.4. The number of aliphatic hydroxyl groups is 1. The van der Waals surface area contributed by atoms with Crippen LogP contribution in [0.3, 0.4) is 0 Å². The maximum absolute atomic E-state index is 13.2. The van der Waals surface area contributed by atoms with Crippen LogP contribution in [0.4, 0.5) is 10.5 Å². The minimum atomic E-state index is -1.07. The Kier molecular flexibility index (Phi) is 6.25. The maximum atomic E-state index is 13.2. The minimum Gasteiger partial charge on any atom is -0.447 e. The lowest BCUT2D eigenvalue weighted by Gasteiger charge is -2.38. The monoisotopic (exact) mass is 494 g/mol. The van der Waals surface area contributed by atoms with Crippen molar-refractivity contribution >= 4 is 28.7 Å². The Morgan fingerprint density at radius 1 is 1.19 bits per heavy atom. The number of aromatic nitrogens is 4. The van der Waals surface area contributed by atoms with E-state index >= 15 is 0 Å². The third-order valence-electron chi connectivity index (χ3n) is 6.65. The van der Waals surface area contributed by atoms with E-state index in [0.29, 0.717) is 48.3 Å². The van der Waals surface area contributed by atoms with Gasteiger partial charge in [0.1, 0.15) is 11.7 Å². The Morgan fingerprint density at radius 3 is 2.53 bits per heavy atom. The van der Waals surface area contributed by atoms with E-state index < -0.39 is 11.7 Å². The fourth-order valence-electron chi connectivity index (χ4n) is 4.50. The summed E-state index contributed by atoms with van der Waals surface area (Å²) in [5.74, 6) is 0.347. The third kappa shape index (κ3) is 4.97. The molecule has 190 valence electrons. The van der Waals surface area contributed by atoms with Crippen LogP contribution < -0.4 is 10.9 Å². The van der Waals surface area contributed by atoms with Crippen LogP contribution in [0.25, 0.3) is 16.7 Å². The number of fused-ring (bicyclic) bond motifs is 1. The number of amides is 2. The SMILES string of the molecule is CC(C)OC(=O)Nc1ccc(-n2ncc3c(=O)n(CC4(O)CCN(C(=O)C5CC5)CC4)cnc32)cc1. The van der Waals surface area contributed by atoms with Crippen molar-refractivity contribution in [3.05, 3.63) is 47.1 Å². The average Bonchev–Trinajstić information content (AvgIpc) is 3.60.